The van der Waals surface area contributed by atoms with E-state index in [1.165, 1.54) is 0 Å². The average Bonchev–Trinajstić information content (AvgIpc) is 3.30. The third-order valence-corrected chi connectivity index (χ3v) is 5.60. The molecule has 0 fully saturated rings. The normalized spacial score (nSPS) is 10.8. The lowest BCUT2D eigenvalue weighted by Crippen LogP contribution is -1.95. The van der Waals surface area contributed by atoms with E-state index in [0.717, 1.165) is 21.7 Å². The molecule has 0 saturated heterocycles. The highest BCUT2D eigenvalue weighted by Gasteiger charge is 2.10. The Morgan fingerprint density at radius 3 is 1.42 bits per heavy atom. The minimum Gasteiger partial charge on any atom is -0.294 e. The fourth-order valence-electron chi connectivity index (χ4n) is 2.35. The van der Waals surface area contributed by atoms with Crippen LogP contribution in [0.5, 0.6) is 0 Å². The summed E-state index contributed by atoms with van der Waals surface area (Å²) in [6.45, 7) is 0. The Kier molecular flexibility index (Phi) is 4.40. The molecule has 2 heterocycles. The number of aromatic nitrogens is 4. The van der Waals surface area contributed by atoms with E-state index in [9.17, 15) is 0 Å². The van der Waals surface area contributed by atoms with Crippen molar-refractivity contribution >= 4 is 21.6 Å². The van der Waals surface area contributed by atoms with Crippen LogP contribution >= 0.6 is 21.6 Å². The zero-order valence-electron chi connectivity index (χ0n) is 12.7. The van der Waals surface area contributed by atoms with Crippen molar-refractivity contribution in [3.63, 3.8) is 0 Å². The smallest absolute Gasteiger partial charge is 0.183 e. The molecule has 4 nitrogen and oxygen atoms in total. The lowest BCUT2D eigenvalue weighted by molar-refractivity contribution is 0.894. The van der Waals surface area contributed by atoms with Gasteiger partial charge in [0.1, 0.15) is 0 Å². The van der Waals surface area contributed by atoms with Gasteiger partial charge >= 0.3 is 0 Å². The predicted molar refractivity (Wildman–Crippen MR) is 98.8 cm³/mol. The number of hydrogen-bond acceptors (Lipinski definition) is 4. The van der Waals surface area contributed by atoms with Crippen LogP contribution in [0.15, 0.2) is 95.8 Å². The number of benzene rings is 2. The van der Waals surface area contributed by atoms with Crippen molar-refractivity contribution in [3.05, 3.63) is 85.5 Å². The van der Waals surface area contributed by atoms with Crippen molar-refractivity contribution in [1.29, 1.82) is 0 Å². The van der Waals surface area contributed by atoms with E-state index < -0.39 is 0 Å². The molecule has 0 N–H and O–H groups in total. The van der Waals surface area contributed by atoms with Crippen LogP contribution < -0.4 is 0 Å². The molecule has 0 radical (unpaired) electrons. The summed E-state index contributed by atoms with van der Waals surface area (Å²) >= 11 is 0. The van der Waals surface area contributed by atoms with Gasteiger partial charge in [-0.2, -0.15) is 0 Å². The maximum Gasteiger partial charge on any atom is 0.183 e. The molecule has 24 heavy (non-hydrogen) atoms. The molecule has 0 amide bonds. The van der Waals surface area contributed by atoms with Crippen LogP contribution in [0.4, 0.5) is 0 Å². The van der Waals surface area contributed by atoms with E-state index in [4.69, 9.17) is 0 Å². The second-order valence-corrected chi connectivity index (χ2v) is 7.06. The summed E-state index contributed by atoms with van der Waals surface area (Å²) in [5.74, 6) is 0. The molecular formula is C18H14N4S2. The minimum absolute atomic E-state index is 0.925. The summed E-state index contributed by atoms with van der Waals surface area (Å²) in [5.41, 5.74) is 2.20. The van der Waals surface area contributed by atoms with E-state index >= 15 is 0 Å². The number of nitrogens with zero attached hydrogens (tertiary/aromatic N) is 4. The highest BCUT2D eigenvalue weighted by Crippen LogP contribution is 2.37. The number of hydrogen-bond donors (Lipinski definition) is 0. The van der Waals surface area contributed by atoms with Gasteiger partial charge in [0.25, 0.3) is 0 Å². The summed E-state index contributed by atoms with van der Waals surface area (Å²) in [4.78, 5) is 8.92. The third kappa shape index (κ3) is 3.11. The van der Waals surface area contributed by atoms with E-state index in [-0.39, 0.29) is 0 Å². The first kappa shape index (κ1) is 15.1. The van der Waals surface area contributed by atoms with Crippen molar-refractivity contribution in [2.45, 2.75) is 10.3 Å². The summed E-state index contributed by atoms with van der Waals surface area (Å²) in [5, 5.41) is 1.85. The molecule has 2 aromatic heterocycles. The van der Waals surface area contributed by atoms with Crippen LogP contribution in [0.25, 0.3) is 11.4 Å². The number of rotatable bonds is 5. The van der Waals surface area contributed by atoms with Crippen LogP contribution in [0.1, 0.15) is 0 Å². The first-order valence-electron chi connectivity index (χ1n) is 7.44. The van der Waals surface area contributed by atoms with Crippen LogP contribution in [0, 0.1) is 0 Å². The quantitative estimate of drug-likeness (QED) is 0.482. The molecule has 0 aliphatic rings. The van der Waals surface area contributed by atoms with E-state index in [0.29, 0.717) is 0 Å². The summed E-state index contributed by atoms with van der Waals surface area (Å²) in [6, 6.07) is 20.4. The molecule has 0 atom stereocenters. The highest BCUT2D eigenvalue weighted by molar-refractivity contribution is 8.76. The van der Waals surface area contributed by atoms with Crippen molar-refractivity contribution in [3.8, 4) is 11.4 Å². The lowest BCUT2D eigenvalue weighted by Gasteiger charge is -2.08. The predicted octanol–water partition coefficient (Wildman–Crippen LogP) is 4.86. The Morgan fingerprint density at radius 1 is 0.583 bits per heavy atom. The van der Waals surface area contributed by atoms with Gasteiger partial charge in [-0.25, -0.2) is 9.97 Å². The highest BCUT2D eigenvalue weighted by atomic mass is 33.1. The molecule has 4 rings (SSSR count). The van der Waals surface area contributed by atoms with Gasteiger partial charge in [-0.1, -0.05) is 36.4 Å². The van der Waals surface area contributed by atoms with Crippen LogP contribution in [0.2, 0.25) is 0 Å². The van der Waals surface area contributed by atoms with Crippen LogP contribution in [-0.2, 0) is 0 Å². The Morgan fingerprint density at radius 2 is 1.00 bits per heavy atom. The van der Waals surface area contributed by atoms with Gasteiger partial charge in [-0.3, -0.25) is 9.13 Å². The topological polar surface area (TPSA) is 35.6 Å². The summed E-state index contributed by atoms with van der Waals surface area (Å²) in [6.07, 6.45) is 7.59. The first-order chi connectivity index (χ1) is 11.9. The second-order valence-electron chi connectivity index (χ2n) is 5.00. The molecule has 118 valence electrons. The molecule has 4 aromatic rings. The van der Waals surface area contributed by atoms with Crippen molar-refractivity contribution in [2.24, 2.45) is 0 Å². The molecule has 0 aliphatic heterocycles. The molecule has 2 aromatic carbocycles. The summed E-state index contributed by atoms with van der Waals surface area (Å²) < 4.78 is 4.15. The SMILES string of the molecule is c1ccc(-n2ccnc2SSc2nccn2-c2ccccc2)cc1. The summed E-state index contributed by atoms with van der Waals surface area (Å²) in [7, 11) is 3.20. The van der Waals surface area contributed by atoms with Gasteiger partial charge in [0.05, 0.1) is 0 Å². The molecule has 0 spiro atoms. The van der Waals surface area contributed by atoms with Gasteiger partial charge in [0, 0.05) is 36.2 Å². The number of imidazole rings is 2. The van der Waals surface area contributed by atoms with Crippen LogP contribution in [0.3, 0.4) is 0 Å². The Bertz CT molecular complexity index is 839. The van der Waals surface area contributed by atoms with E-state index in [1.54, 1.807) is 21.6 Å². The average molecular weight is 350 g/mol. The lowest BCUT2D eigenvalue weighted by atomic mass is 10.3. The monoisotopic (exact) mass is 350 g/mol. The fraction of sp³-hybridized carbons (Fsp3) is 0. The Hall–Kier alpha value is -2.44. The number of para-hydroxylation sites is 2. The fourth-order valence-corrected chi connectivity index (χ4v) is 4.38. The Labute approximate surface area is 148 Å². The minimum atomic E-state index is 0.925. The van der Waals surface area contributed by atoms with Crippen molar-refractivity contribution in [1.82, 2.24) is 19.1 Å². The zero-order valence-corrected chi connectivity index (χ0v) is 14.3. The van der Waals surface area contributed by atoms with Crippen LogP contribution in [-0.4, -0.2) is 19.1 Å². The molecule has 0 saturated carbocycles. The van der Waals surface area contributed by atoms with Gasteiger partial charge in [0.15, 0.2) is 10.3 Å². The maximum absolute atomic E-state index is 4.46. The zero-order chi connectivity index (χ0) is 16.2. The molecule has 0 unspecified atom stereocenters. The molecule has 6 heteroatoms. The van der Waals surface area contributed by atoms with Gasteiger partial charge < -0.3 is 0 Å². The maximum atomic E-state index is 4.46. The van der Waals surface area contributed by atoms with Gasteiger partial charge in [0.2, 0.25) is 0 Å². The van der Waals surface area contributed by atoms with E-state index in [1.807, 2.05) is 61.2 Å². The van der Waals surface area contributed by atoms with E-state index in [2.05, 4.69) is 43.4 Å². The van der Waals surface area contributed by atoms with Crippen molar-refractivity contribution in [2.75, 3.05) is 0 Å². The molecular weight excluding hydrogens is 336 g/mol. The van der Waals surface area contributed by atoms with Gasteiger partial charge in [-0.05, 0) is 45.9 Å². The van der Waals surface area contributed by atoms with Crippen molar-refractivity contribution < 1.29 is 0 Å². The van der Waals surface area contributed by atoms with Gasteiger partial charge in [-0.15, -0.1) is 0 Å². The Balaban J connectivity index is 1.56. The first-order valence-corrected chi connectivity index (χ1v) is 9.59. The second kappa shape index (κ2) is 6.98. The third-order valence-electron chi connectivity index (χ3n) is 3.47. The molecule has 0 aliphatic carbocycles. The standard InChI is InChI=1S/C18H14N4S2/c1-3-7-15(8-4-1)21-13-11-19-17(21)23-24-18-20-12-14-22(18)16-9-5-2-6-10-16/h1-14H. The molecule has 0 bridgehead atoms. The largest absolute Gasteiger partial charge is 0.294 e.